The van der Waals surface area contributed by atoms with Gasteiger partial charge in [-0.15, -0.1) is 10.2 Å². The first-order chi connectivity index (χ1) is 14.4. The van der Waals surface area contributed by atoms with Crippen LogP contribution in [0.2, 0.25) is 5.02 Å². The third-order valence-electron chi connectivity index (χ3n) is 4.95. The Bertz CT molecular complexity index is 1150. The highest BCUT2D eigenvalue weighted by Gasteiger charge is 2.35. The van der Waals surface area contributed by atoms with Crippen molar-refractivity contribution in [2.45, 2.75) is 30.6 Å². The molecular formula is C19H20ClN5O4S. The Labute approximate surface area is 179 Å². The molecule has 0 bridgehead atoms. The number of rotatable bonds is 5. The molecule has 1 aliphatic rings. The van der Waals surface area contributed by atoms with Crippen LogP contribution in [-0.4, -0.2) is 53.1 Å². The number of methoxy groups -OCH3 is 1. The monoisotopic (exact) mass is 449 g/mol. The molecule has 1 saturated heterocycles. The van der Waals surface area contributed by atoms with Gasteiger partial charge < -0.3 is 9.15 Å². The molecule has 0 radical (unpaired) electrons. The van der Waals surface area contributed by atoms with Gasteiger partial charge in [0, 0.05) is 30.5 Å². The van der Waals surface area contributed by atoms with Crippen molar-refractivity contribution in [1.82, 2.24) is 24.5 Å². The summed E-state index contributed by atoms with van der Waals surface area (Å²) in [4.78, 5) is 8.30. The van der Waals surface area contributed by atoms with Crippen molar-refractivity contribution in [2.75, 3.05) is 20.2 Å². The van der Waals surface area contributed by atoms with Crippen molar-refractivity contribution < 1.29 is 17.6 Å². The molecule has 3 heterocycles. The van der Waals surface area contributed by atoms with Gasteiger partial charge in [-0.2, -0.15) is 4.31 Å². The third kappa shape index (κ3) is 4.03. The lowest BCUT2D eigenvalue weighted by Gasteiger charge is -2.30. The van der Waals surface area contributed by atoms with Gasteiger partial charge >= 0.3 is 0 Å². The van der Waals surface area contributed by atoms with Crippen LogP contribution < -0.4 is 4.74 Å². The fraction of sp³-hybridized carbons (Fsp3) is 0.368. The highest BCUT2D eigenvalue weighted by Crippen LogP contribution is 2.34. The zero-order valence-corrected chi connectivity index (χ0v) is 18.0. The summed E-state index contributed by atoms with van der Waals surface area (Å²) in [6.07, 6.45) is 4.63. The second kappa shape index (κ2) is 8.29. The van der Waals surface area contributed by atoms with Gasteiger partial charge in [0.15, 0.2) is 0 Å². The van der Waals surface area contributed by atoms with Crippen LogP contribution in [0.15, 0.2) is 39.9 Å². The van der Waals surface area contributed by atoms with Gasteiger partial charge in [-0.1, -0.05) is 11.6 Å². The molecule has 1 aliphatic heterocycles. The molecule has 0 amide bonds. The molecule has 30 heavy (non-hydrogen) atoms. The fourth-order valence-corrected chi connectivity index (χ4v) is 5.31. The van der Waals surface area contributed by atoms with E-state index >= 15 is 0 Å². The molecule has 158 valence electrons. The molecular weight excluding hydrogens is 430 g/mol. The smallest absolute Gasteiger partial charge is 0.250 e. The van der Waals surface area contributed by atoms with Crippen molar-refractivity contribution >= 4 is 21.6 Å². The Kier molecular flexibility index (Phi) is 5.72. The van der Waals surface area contributed by atoms with Gasteiger partial charge in [-0.3, -0.25) is 0 Å². The van der Waals surface area contributed by atoms with E-state index < -0.39 is 10.0 Å². The maximum absolute atomic E-state index is 13.3. The lowest BCUT2D eigenvalue weighted by atomic mass is 10.00. The first-order valence-corrected chi connectivity index (χ1v) is 11.2. The number of hydrogen-bond acceptors (Lipinski definition) is 8. The van der Waals surface area contributed by atoms with E-state index in [0.29, 0.717) is 41.2 Å². The summed E-state index contributed by atoms with van der Waals surface area (Å²) in [7, 11) is -2.38. The lowest BCUT2D eigenvalue weighted by Crippen LogP contribution is -2.39. The molecule has 3 aromatic rings. The molecule has 1 fully saturated rings. The van der Waals surface area contributed by atoms with E-state index in [9.17, 15) is 8.42 Å². The van der Waals surface area contributed by atoms with Crippen molar-refractivity contribution in [3.63, 3.8) is 0 Å². The summed E-state index contributed by atoms with van der Waals surface area (Å²) >= 11 is 6.03. The lowest BCUT2D eigenvalue weighted by molar-refractivity contribution is 0.285. The number of piperidine rings is 1. The van der Waals surface area contributed by atoms with Gasteiger partial charge in [0.2, 0.25) is 15.9 Å². The molecule has 4 rings (SSSR count). The predicted octanol–water partition coefficient (Wildman–Crippen LogP) is 3.07. The zero-order valence-electron chi connectivity index (χ0n) is 16.4. The summed E-state index contributed by atoms with van der Waals surface area (Å²) in [5.74, 6) is 1.38. The molecule has 1 aromatic carbocycles. The Morgan fingerprint density at radius 3 is 2.73 bits per heavy atom. The second-order valence-corrected chi connectivity index (χ2v) is 9.30. The van der Waals surface area contributed by atoms with Crippen molar-refractivity contribution in [3.8, 4) is 17.2 Å². The molecule has 0 aliphatic carbocycles. The third-order valence-corrected chi connectivity index (χ3v) is 7.07. The summed E-state index contributed by atoms with van der Waals surface area (Å²) in [5, 5.41) is 8.53. The highest BCUT2D eigenvalue weighted by molar-refractivity contribution is 7.89. The highest BCUT2D eigenvalue weighted by atomic mass is 35.5. The van der Waals surface area contributed by atoms with Crippen molar-refractivity contribution in [2.24, 2.45) is 0 Å². The van der Waals surface area contributed by atoms with E-state index in [4.69, 9.17) is 20.8 Å². The normalized spacial score (nSPS) is 17.8. The van der Waals surface area contributed by atoms with E-state index in [0.717, 1.165) is 6.42 Å². The summed E-state index contributed by atoms with van der Waals surface area (Å²) in [5.41, 5.74) is 0.614. The van der Waals surface area contributed by atoms with Gasteiger partial charge in [0.05, 0.1) is 18.6 Å². The predicted molar refractivity (Wildman–Crippen MR) is 109 cm³/mol. The number of sulfonamides is 1. The summed E-state index contributed by atoms with van der Waals surface area (Å²) in [6.45, 7) is 2.40. The van der Waals surface area contributed by atoms with E-state index in [1.54, 1.807) is 31.5 Å². The van der Waals surface area contributed by atoms with Gasteiger partial charge in [-0.05, 0) is 38.0 Å². The average molecular weight is 450 g/mol. The fourth-order valence-electron chi connectivity index (χ4n) is 3.37. The minimum absolute atomic E-state index is 0.0428. The van der Waals surface area contributed by atoms with E-state index in [1.807, 2.05) is 0 Å². The van der Waals surface area contributed by atoms with Crippen LogP contribution in [0, 0.1) is 6.92 Å². The molecule has 0 spiro atoms. The Balaban J connectivity index is 1.58. The molecule has 9 nitrogen and oxygen atoms in total. The number of hydrogen-bond donors (Lipinski definition) is 0. The Hall–Kier alpha value is -2.56. The Morgan fingerprint density at radius 2 is 2.00 bits per heavy atom. The zero-order chi connectivity index (χ0) is 21.3. The van der Waals surface area contributed by atoms with Crippen LogP contribution in [0.1, 0.15) is 30.5 Å². The van der Waals surface area contributed by atoms with Crippen LogP contribution in [-0.2, 0) is 10.0 Å². The van der Waals surface area contributed by atoms with Gasteiger partial charge in [0.1, 0.15) is 16.5 Å². The maximum atomic E-state index is 13.3. The van der Waals surface area contributed by atoms with Gasteiger partial charge in [-0.25, -0.2) is 18.4 Å². The van der Waals surface area contributed by atoms with E-state index in [1.165, 1.54) is 17.5 Å². The van der Waals surface area contributed by atoms with Crippen LogP contribution in [0.3, 0.4) is 0 Å². The minimum atomic E-state index is -3.80. The molecule has 0 N–H and O–H groups in total. The molecule has 0 saturated carbocycles. The SMILES string of the molecule is COc1ccc(Cl)cc1S(=O)(=O)N1CCCC(c2nnc(-c3cnc(C)nc3)o2)C1. The second-order valence-electron chi connectivity index (χ2n) is 6.96. The number of benzene rings is 1. The standard InChI is InChI=1S/C19H20ClN5O4S/c1-12-21-9-14(10-22-12)19-24-23-18(29-19)13-4-3-7-25(11-13)30(26,27)17-8-15(20)5-6-16(17)28-2/h5-6,8-10,13H,3-4,7,11H2,1-2H3. The van der Waals surface area contributed by atoms with E-state index in [-0.39, 0.29) is 23.1 Å². The number of aryl methyl sites for hydroxylation is 1. The molecule has 1 atom stereocenters. The average Bonchev–Trinajstić information content (AvgIpc) is 3.24. The number of aromatic nitrogens is 4. The van der Waals surface area contributed by atoms with Crippen molar-refractivity contribution in [1.29, 1.82) is 0 Å². The van der Waals surface area contributed by atoms with Crippen LogP contribution >= 0.6 is 11.6 Å². The Morgan fingerprint density at radius 1 is 1.23 bits per heavy atom. The number of halogens is 1. The van der Waals surface area contributed by atoms with Gasteiger partial charge in [0.25, 0.3) is 5.89 Å². The molecule has 2 aromatic heterocycles. The van der Waals surface area contributed by atoms with Crippen LogP contribution in [0.4, 0.5) is 0 Å². The van der Waals surface area contributed by atoms with Crippen LogP contribution in [0.5, 0.6) is 5.75 Å². The number of ether oxygens (including phenoxy) is 1. The first-order valence-electron chi connectivity index (χ1n) is 9.34. The summed E-state index contributed by atoms with van der Waals surface area (Å²) in [6, 6.07) is 4.54. The maximum Gasteiger partial charge on any atom is 0.250 e. The number of nitrogens with zero attached hydrogens (tertiary/aromatic N) is 5. The summed E-state index contributed by atoms with van der Waals surface area (Å²) < 4.78 is 39.0. The quantitative estimate of drug-likeness (QED) is 0.584. The topological polar surface area (TPSA) is 111 Å². The first kappa shape index (κ1) is 20.7. The largest absolute Gasteiger partial charge is 0.495 e. The molecule has 11 heteroatoms. The van der Waals surface area contributed by atoms with Crippen LogP contribution in [0.25, 0.3) is 11.5 Å². The minimum Gasteiger partial charge on any atom is -0.495 e. The molecule has 1 unspecified atom stereocenters. The van der Waals surface area contributed by atoms with Crippen molar-refractivity contribution in [3.05, 3.63) is 47.3 Å². The van der Waals surface area contributed by atoms with E-state index in [2.05, 4.69) is 20.2 Å².